The number of hydrogen-bond donors (Lipinski definition) is 2. The molecule has 1 amide bonds. The average Bonchev–Trinajstić information content (AvgIpc) is 3.13. The van der Waals surface area contributed by atoms with Crippen molar-refractivity contribution < 1.29 is 19.0 Å². The lowest BCUT2D eigenvalue weighted by atomic mass is 10.2. The number of hydrogen-bond acceptors (Lipinski definition) is 8. The summed E-state index contributed by atoms with van der Waals surface area (Å²) in [6, 6.07) is 12.6. The summed E-state index contributed by atoms with van der Waals surface area (Å²) in [5, 5.41) is 11.5. The fourth-order valence-corrected chi connectivity index (χ4v) is 3.37. The Morgan fingerprint density at radius 1 is 1.13 bits per heavy atom. The zero-order chi connectivity index (χ0) is 21.5. The van der Waals surface area contributed by atoms with Crippen LogP contribution < -0.4 is 25.4 Å². The molecule has 30 heavy (non-hydrogen) atoms. The van der Waals surface area contributed by atoms with Crippen molar-refractivity contribution in [2.24, 2.45) is 0 Å². The lowest BCUT2D eigenvalue weighted by molar-refractivity contribution is -0.113. The Bertz CT molecular complexity index is 1020. The maximum atomic E-state index is 12.4. The summed E-state index contributed by atoms with van der Waals surface area (Å²) in [7, 11) is 3.13. The SMILES string of the molecule is CCOc1ccccc1NC(=O)CSc1nnc(-c2ccc(OC)cc2OC)n1N. The minimum Gasteiger partial charge on any atom is -0.497 e. The van der Waals surface area contributed by atoms with E-state index in [-0.39, 0.29) is 11.7 Å². The molecule has 1 heterocycles. The highest BCUT2D eigenvalue weighted by Crippen LogP contribution is 2.33. The maximum absolute atomic E-state index is 12.4. The van der Waals surface area contributed by atoms with E-state index in [0.717, 1.165) is 0 Å². The molecule has 0 spiro atoms. The summed E-state index contributed by atoms with van der Waals surface area (Å²) in [5.74, 6) is 8.30. The van der Waals surface area contributed by atoms with E-state index >= 15 is 0 Å². The minimum absolute atomic E-state index is 0.107. The number of para-hydroxylation sites is 2. The van der Waals surface area contributed by atoms with Gasteiger partial charge in [-0.15, -0.1) is 10.2 Å². The third kappa shape index (κ3) is 4.77. The Morgan fingerprint density at radius 3 is 2.67 bits per heavy atom. The Kier molecular flexibility index (Phi) is 7.02. The number of carbonyl (C=O) groups excluding carboxylic acids is 1. The number of ether oxygens (including phenoxy) is 3. The van der Waals surface area contributed by atoms with Crippen LogP contribution in [-0.4, -0.2) is 47.4 Å². The number of nitrogens with zero attached hydrogens (tertiary/aromatic N) is 3. The van der Waals surface area contributed by atoms with Crippen LogP contribution in [0, 0.1) is 0 Å². The van der Waals surface area contributed by atoms with Crippen molar-refractivity contribution in [1.82, 2.24) is 14.9 Å². The van der Waals surface area contributed by atoms with Gasteiger partial charge in [0.25, 0.3) is 0 Å². The monoisotopic (exact) mass is 429 g/mol. The van der Waals surface area contributed by atoms with Gasteiger partial charge in [0.05, 0.1) is 37.8 Å². The lowest BCUT2D eigenvalue weighted by Crippen LogP contribution is -2.17. The van der Waals surface area contributed by atoms with Crippen LogP contribution >= 0.6 is 11.8 Å². The number of amides is 1. The molecule has 0 saturated carbocycles. The third-order valence-electron chi connectivity index (χ3n) is 4.11. The van der Waals surface area contributed by atoms with E-state index in [1.54, 1.807) is 44.6 Å². The first-order valence-electron chi connectivity index (χ1n) is 9.14. The lowest BCUT2D eigenvalue weighted by Gasteiger charge is -2.11. The highest BCUT2D eigenvalue weighted by Gasteiger charge is 2.18. The van der Waals surface area contributed by atoms with Gasteiger partial charge in [0.1, 0.15) is 17.2 Å². The number of nitrogens with one attached hydrogen (secondary N) is 1. The molecule has 3 aromatic rings. The molecular formula is C20H23N5O4S. The molecule has 3 rings (SSSR count). The van der Waals surface area contributed by atoms with Gasteiger partial charge >= 0.3 is 0 Å². The Balaban J connectivity index is 1.70. The second-order valence-corrected chi connectivity index (χ2v) is 6.95. The number of nitrogen functional groups attached to an aromatic ring is 1. The van der Waals surface area contributed by atoms with E-state index in [0.29, 0.717) is 46.1 Å². The van der Waals surface area contributed by atoms with Gasteiger partial charge in [0.2, 0.25) is 11.1 Å². The third-order valence-corrected chi connectivity index (χ3v) is 5.05. The largest absolute Gasteiger partial charge is 0.497 e. The Hall–Kier alpha value is -3.40. The molecule has 0 atom stereocenters. The van der Waals surface area contributed by atoms with Gasteiger partial charge < -0.3 is 25.4 Å². The zero-order valence-electron chi connectivity index (χ0n) is 16.9. The smallest absolute Gasteiger partial charge is 0.234 e. The predicted octanol–water partition coefficient (Wildman–Crippen LogP) is 2.81. The molecule has 0 aliphatic rings. The van der Waals surface area contributed by atoms with Gasteiger partial charge in [0, 0.05) is 6.07 Å². The van der Waals surface area contributed by atoms with Gasteiger partial charge in [-0.2, -0.15) is 0 Å². The summed E-state index contributed by atoms with van der Waals surface area (Å²) in [4.78, 5) is 12.4. The van der Waals surface area contributed by atoms with E-state index in [4.69, 9.17) is 20.1 Å². The van der Waals surface area contributed by atoms with Crippen LogP contribution in [0.15, 0.2) is 47.6 Å². The summed E-state index contributed by atoms with van der Waals surface area (Å²) in [6.07, 6.45) is 0. The van der Waals surface area contributed by atoms with Gasteiger partial charge in [-0.25, -0.2) is 4.68 Å². The topological polar surface area (TPSA) is 114 Å². The first kappa shape index (κ1) is 21.3. The molecule has 0 aliphatic heterocycles. The second-order valence-electron chi connectivity index (χ2n) is 6.01. The fraction of sp³-hybridized carbons (Fsp3) is 0.250. The Morgan fingerprint density at radius 2 is 1.93 bits per heavy atom. The van der Waals surface area contributed by atoms with E-state index in [1.807, 2.05) is 19.1 Å². The molecule has 0 fully saturated rings. The van der Waals surface area contributed by atoms with E-state index in [9.17, 15) is 4.79 Å². The molecule has 0 saturated heterocycles. The highest BCUT2D eigenvalue weighted by atomic mass is 32.2. The van der Waals surface area contributed by atoms with Crippen LogP contribution in [0.4, 0.5) is 5.69 Å². The first-order valence-corrected chi connectivity index (χ1v) is 10.1. The molecule has 158 valence electrons. The maximum Gasteiger partial charge on any atom is 0.234 e. The van der Waals surface area contributed by atoms with Crippen molar-refractivity contribution in [3.63, 3.8) is 0 Å². The number of rotatable bonds is 9. The second kappa shape index (κ2) is 9.88. The zero-order valence-corrected chi connectivity index (χ0v) is 17.7. The summed E-state index contributed by atoms with van der Waals surface area (Å²) in [6.45, 7) is 2.40. The Labute approximate surface area is 178 Å². The number of carbonyl (C=O) groups is 1. The van der Waals surface area contributed by atoms with Crippen LogP contribution in [0.5, 0.6) is 17.2 Å². The number of aromatic nitrogens is 3. The van der Waals surface area contributed by atoms with E-state index in [1.165, 1.54) is 16.4 Å². The van der Waals surface area contributed by atoms with Crippen LogP contribution in [0.1, 0.15) is 6.92 Å². The van der Waals surface area contributed by atoms with E-state index in [2.05, 4.69) is 15.5 Å². The normalized spacial score (nSPS) is 10.5. The molecule has 3 N–H and O–H groups in total. The quantitative estimate of drug-likeness (QED) is 0.394. The predicted molar refractivity (Wildman–Crippen MR) is 116 cm³/mol. The number of methoxy groups -OCH3 is 2. The standard InChI is InChI=1S/C20H23N5O4S/c1-4-29-16-8-6-5-7-15(16)22-18(26)12-30-20-24-23-19(25(20)21)14-10-9-13(27-2)11-17(14)28-3/h5-11H,4,12,21H2,1-3H3,(H,22,26). The van der Waals surface area contributed by atoms with Crippen molar-refractivity contribution in [1.29, 1.82) is 0 Å². The van der Waals surface area contributed by atoms with Crippen molar-refractivity contribution in [3.05, 3.63) is 42.5 Å². The molecule has 0 unspecified atom stereocenters. The molecular weight excluding hydrogens is 406 g/mol. The van der Waals surface area contributed by atoms with Crippen LogP contribution in [0.25, 0.3) is 11.4 Å². The van der Waals surface area contributed by atoms with E-state index < -0.39 is 0 Å². The minimum atomic E-state index is -0.210. The molecule has 0 radical (unpaired) electrons. The van der Waals surface area contributed by atoms with Gasteiger partial charge in [0.15, 0.2) is 5.82 Å². The van der Waals surface area contributed by atoms with Crippen LogP contribution in [0.2, 0.25) is 0 Å². The number of benzene rings is 2. The van der Waals surface area contributed by atoms with Gasteiger partial charge in [-0.1, -0.05) is 23.9 Å². The fourth-order valence-electron chi connectivity index (χ4n) is 2.71. The number of thioether (sulfide) groups is 1. The summed E-state index contributed by atoms with van der Waals surface area (Å²) in [5.41, 5.74) is 1.28. The van der Waals surface area contributed by atoms with Crippen LogP contribution in [0.3, 0.4) is 0 Å². The van der Waals surface area contributed by atoms with Gasteiger partial charge in [-0.05, 0) is 31.2 Å². The first-order chi connectivity index (χ1) is 14.6. The molecule has 9 nitrogen and oxygen atoms in total. The molecule has 10 heteroatoms. The number of anilines is 1. The van der Waals surface area contributed by atoms with Crippen LogP contribution in [-0.2, 0) is 4.79 Å². The van der Waals surface area contributed by atoms with Gasteiger partial charge in [-0.3, -0.25) is 4.79 Å². The van der Waals surface area contributed by atoms with Crippen molar-refractivity contribution in [2.45, 2.75) is 12.1 Å². The summed E-state index contributed by atoms with van der Waals surface area (Å²) < 4.78 is 17.5. The molecule has 0 aliphatic carbocycles. The average molecular weight is 430 g/mol. The molecule has 2 aromatic carbocycles. The molecule has 1 aromatic heterocycles. The van der Waals surface area contributed by atoms with Crippen molar-refractivity contribution in [3.8, 4) is 28.6 Å². The highest BCUT2D eigenvalue weighted by molar-refractivity contribution is 7.99. The van der Waals surface area contributed by atoms with Crippen molar-refractivity contribution in [2.75, 3.05) is 37.7 Å². The summed E-state index contributed by atoms with van der Waals surface area (Å²) >= 11 is 1.18. The number of nitrogens with two attached hydrogens (primary N) is 1. The molecule has 0 bridgehead atoms. The van der Waals surface area contributed by atoms with Crippen molar-refractivity contribution >= 4 is 23.4 Å².